The van der Waals surface area contributed by atoms with E-state index in [1.54, 1.807) is 30.5 Å². The lowest BCUT2D eigenvalue weighted by molar-refractivity contribution is -0.143. The second-order valence-corrected chi connectivity index (χ2v) is 8.96. The summed E-state index contributed by atoms with van der Waals surface area (Å²) in [7, 11) is 0. The lowest BCUT2D eigenvalue weighted by atomic mass is 10.0. The fraction of sp³-hybridized carbons (Fsp3) is 0.440. The van der Waals surface area contributed by atoms with Crippen LogP contribution in [0.1, 0.15) is 40.9 Å². The lowest BCUT2D eigenvalue weighted by Crippen LogP contribution is -2.55. The van der Waals surface area contributed by atoms with E-state index < -0.39 is 11.8 Å². The molecular formula is C25H30FN5O4. The van der Waals surface area contributed by atoms with Gasteiger partial charge in [-0.15, -0.1) is 0 Å². The third-order valence-corrected chi connectivity index (χ3v) is 6.24. The Morgan fingerprint density at radius 1 is 1.17 bits per heavy atom. The predicted octanol–water partition coefficient (Wildman–Crippen LogP) is 2.41. The van der Waals surface area contributed by atoms with Crippen LogP contribution in [0.25, 0.3) is 0 Å². The molecule has 0 spiro atoms. The molecule has 0 aliphatic carbocycles. The zero-order valence-corrected chi connectivity index (χ0v) is 19.7. The van der Waals surface area contributed by atoms with Gasteiger partial charge in [-0.25, -0.2) is 4.39 Å². The molecular weight excluding hydrogens is 453 g/mol. The van der Waals surface area contributed by atoms with E-state index in [0.29, 0.717) is 37.4 Å². The number of pyridine rings is 1. The highest BCUT2D eigenvalue weighted by Crippen LogP contribution is 2.29. The average Bonchev–Trinajstić information content (AvgIpc) is 2.81. The number of anilines is 1. The van der Waals surface area contributed by atoms with Crippen molar-refractivity contribution >= 4 is 23.4 Å². The zero-order valence-electron chi connectivity index (χ0n) is 19.7. The van der Waals surface area contributed by atoms with Gasteiger partial charge in [-0.2, -0.15) is 0 Å². The van der Waals surface area contributed by atoms with Gasteiger partial charge in [0.1, 0.15) is 18.9 Å². The summed E-state index contributed by atoms with van der Waals surface area (Å²) in [5.41, 5.74) is 7.37. The van der Waals surface area contributed by atoms with Gasteiger partial charge in [0.05, 0.1) is 23.5 Å². The van der Waals surface area contributed by atoms with Crippen LogP contribution in [0.5, 0.6) is 0 Å². The van der Waals surface area contributed by atoms with Gasteiger partial charge in [-0.05, 0) is 38.0 Å². The van der Waals surface area contributed by atoms with Crippen LogP contribution in [-0.2, 0) is 20.9 Å². The van der Waals surface area contributed by atoms with Crippen molar-refractivity contribution in [2.45, 2.75) is 45.0 Å². The number of piperidine rings is 1. The van der Waals surface area contributed by atoms with Crippen LogP contribution in [0, 0.1) is 18.2 Å². The number of likely N-dealkylation sites (tertiary alicyclic amines) is 1. The smallest absolute Gasteiger partial charge is 0.313 e. The van der Waals surface area contributed by atoms with Crippen molar-refractivity contribution in [2.24, 2.45) is 5.73 Å². The first-order valence-corrected chi connectivity index (χ1v) is 11.7. The molecule has 186 valence electrons. The number of hydrogen-bond donors (Lipinski definition) is 2. The summed E-state index contributed by atoms with van der Waals surface area (Å²) in [6.45, 7) is 4.08. The maximum atomic E-state index is 14.9. The molecule has 1 aromatic carbocycles. The van der Waals surface area contributed by atoms with Crippen molar-refractivity contribution in [3.05, 3.63) is 59.2 Å². The van der Waals surface area contributed by atoms with Crippen LogP contribution < -0.4 is 10.6 Å². The van der Waals surface area contributed by atoms with E-state index in [4.69, 9.17) is 20.6 Å². The van der Waals surface area contributed by atoms with E-state index in [9.17, 15) is 14.0 Å². The summed E-state index contributed by atoms with van der Waals surface area (Å²) in [5, 5.41) is 7.12. The van der Waals surface area contributed by atoms with Crippen molar-refractivity contribution < 1.29 is 23.5 Å². The first-order chi connectivity index (χ1) is 16.8. The molecule has 0 radical (unpaired) electrons. The number of carbonyl (C=O) groups is 2. The third kappa shape index (κ3) is 6.13. The molecule has 2 aromatic rings. The molecule has 2 aliphatic heterocycles. The number of aromatic nitrogens is 1. The number of ether oxygens (including phenoxy) is 2. The molecule has 1 aromatic heterocycles. The van der Waals surface area contributed by atoms with E-state index in [2.05, 4.69) is 4.98 Å². The fourth-order valence-electron chi connectivity index (χ4n) is 4.25. The Kier molecular flexibility index (Phi) is 7.60. The Morgan fingerprint density at radius 3 is 2.57 bits per heavy atom. The van der Waals surface area contributed by atoms with E-state index >= 15 is 0 Å². The minimum Gasteiger partial charge on any atom is -0.460 e. The van der Waals surface area contributed by atoms with E-state index in [0.717, 1.165) is 18.5 Å². The van der Waals surface area contributed by atoms with Crippen LogP contribution >= 0.6 is 0 Å². The maximum absolute atomic E-state index is 14.9. The standard InChI is InChI=1S/C25H30FN5O4/c1-16-5-6-17(12-29-16)25(33)30-9-7-19(8-10-30)35-20-13-31(14-20)21-4-2-3-18(24(21)26)15-34-23(32)11-22(27)28/h2-6,12,19-20H,7-11,13-15H2,1H3,(H3,27,28). The van der Waals surface area contributed by atoms with Gasteiger partial charge in [0, 0.05) is 43.6 Å². The van der Waals surface area contributed by atoms with Crippen LogP contribution in [-0.4, -0.2) is 66.0 Å². The number of amides is 1. The van der Waals surface area contributed by atoms with E-state index in [1.165, 1.54) is 0 Å². The normalized spacial score (nSPS) is 16.6. The second-order valence-electron chi connectivity index (χ2n) is 8.96. The van der Waals surface area contributed by atoms with Gasteiger partial charge in [-0.1, -0.05) is 12.1 Å². The summed E-state index contributed by atoms with van der Waals surface area (Å²) in [4.78, 5) is 32.2. The molecule has 3 heterocycles. The third-order valence-electron chi connectivity index (χ3n) is 6.24. The number of hydrogen-bond acceptors (Lipinski definition) is 7. The van der Waals surface area contributed by atoms with Crippen LogP contribution in [0.4, 0.5) is 10.1 Å². The van der Waals surface area contributed by atoms with Crippen LogP contribution in [0.2, 0.25) is 0 Å². The topological polar surface area (TPSA) is 122 Å². The number of nitrogens with zero attached hydrogens (tertiary/aromatic N) is 3. The molecule has 2 fully saturated rings. The number of carbonyl (C=O) groups excluding carboxylic acids is 2. The number of amidine groups is 1. The van der Waals surface area contributed by atoms with Crippen molar-refractivity contribution in [2.75, 3.05) is 31.1 Å². The van der Waals surface area contributed by atoms with Gasteiger partial charge in [-0.3, -0.25) is 20.0 Å². The Bertz CT molecular complexity index is 1080. The summed E-state index contributed by atoms with van der Waals surface area (Å²) >= 11 is 0. The summed E-state index contributed by atoms with van der Waals surface area (Å²) in [6.07, 6.45) is 2.89. The minimum absolute atomic E-state index is 0.000000536. The highest BCUT2D eigenvalue weighted by atomic mass is 19.1. The first-order valence-electron chi connectivity index (χ1n) is 11.7. The van der Waals surface area contributed by atoms with Gasteiger partial charge in [0.15, 0.2) is 5.82 Å². The molecule has 9 nitrogen and oxygen atoms in total. The second kappa shape index (κ2) is 10.8. The van der Waals surface area contributed by atoms with Crippen LogP contribution in [0.3, 0.4) is 0 Å². The number of benzene rings is 1. The molecule has 10 heteroatoms. The van der Waals surface area contributed by atoms with Crippen molar-refractivity contribution in [1.82, 2.24) is 9.88 Å². The van der Waals surface area contributed by atoms with E-state index in [1.807, 2.05) is 22.8 Å². The van der Waals surface area contributed by atoms with Gasteiger partial charge in [0.2, 0.25) is 0 Å². The first kappa shape index (κ1) is 24.6. The molecule has 2 saturated heterocycles. The Balaban J connectivity index is 1.22. The number of nitrogens with one attached hydrogen (secondary N) is 1. The number of nitrogens with two attached hydrogens (primary N) is 1. The number of rotatable bonds is 8. The molecule has 3 N–H and O–H groups in total. The molecule has 4 rings (SSSR count). The fourth-order valence-corrected chi connectivity index (χ4v) is 4.25. The SMILES string of the molecule is Cc1ccc(C(=O)N2CCC(OC3CN(c4cccc(COC(=O)CC(=N)N)c4F)C3)CC2)cn1. The minimum atomic E-state index is -0.664. The van der Waals surface area contributed by atoms with Crippen molar-refractivity contribution in [1.29, 1.82) is 5.41 Å². The molecule has 0 atom stereocenters. The Hall–Kier alpha value is -3.53. The van der Waals surface area contributed by atoms with E-state index in [-0.39, 0.29) is 42.5 Å². The van der Waals surface area contributed by atoms with Crippen LogP contribution in [0.15, 0.2) is 36.5 Å². The summed E-state index contributed by atoms with van der Waals surface area (Å²) in [5.74, 6) is -1.40. The predicted molar refractivity (Wildman–Crippen MR) is 128 cm³/mol. The number of aryl methyl sites for hydroxylation is 1. The molecule has 35 heavy (non-hydrogen) atoms. The molecule has 0 unspecified atom stereocenters. The quantitative estimate of drug-likeness (QED) is 0.336. The van der Waals surface area contributed by atoms with Crippen molar-refractivity contribution in [3.63, 3.8) is 0 Å². The summed E-state index contributed by atoms with van der Waals surface area (Å²) in [6, 6.07) is 8.62. The largest absolute Gasteiger partial charge is 0.460 e. The maximum Gasteiger partial charge on any atom is 0.313 e. The van der Waals surface area contributed by atoms with Crippen molar-refractivity contribution in [3.8, 4) is 0 Å². The van der Waals surface area contributed by atoms with Gasteiger partial charge < -0.3 is 25.0 Å². The Morgan fingerprint density at radius 2 is 1.91 bits per heavy atom. The Labute approximate surface area is 203 Å². The molecule has 2 aliphatic rings. The van der Waals surface area contributed by atoms with Gasteiger partial charge >= 0.3 is 5.97 Å². The van der Waals surface area contributed by atoms with Gasteiger partial charge in [0.25, 0.3) is 5.91 Å². The highest BCUT2D eigenvalue weighted by Gasteiger charge is 2.33. The monoisotopic (exact) mass is 483 g/mol. The number of esters is 1. The lowest BCUT2D eigenvalue weighted by Gasteiger charge is -2.43. The zero-order chi connectivity index (χ0) is 24.9. The molecule has 0 saturated carbocycles. The molecule has 1 amide bonds. The summed E-state index contributed by atoms with van der Waals surface area (Å²) < 4.78 is 26.2. The average molecular weight is 484 g/mol. The highest BCUT2D eigenvalue weighted by molar-refractivity contribution is 5.95. The number of halogens is 1. The molecule has 0 bridgehead atoms.